The number of piperidine rings is 1. The molecule has 2 aromatic heterocycles. The Morgan fingerprint density at radius 1 is 0.917 bits per heavy atom. The molecule has 2 aliphatic heterocycles. The highest BCUT2D eigenvalue weighted by Gasteiger charge is 2.47. The van der Waals surface area contributed by atoms with Gasteiger partial charge in [0.15, 0.2) is 5.82 Å². The molecule has 3 unspecified atom stereocenters. The fraction of sp³-hybridized carbons (Fsp3) is 0.410. The minimum atomic E-state index is -0.176. The van der Waals surface area contributed by atoms with Crippen molar-refractivity contribution in [3.05, 3.63) is 83.9 Å². The lowest BCUT2D eigenvalue weighted by molar-refractivity contribution is 0.00729. The third-order valence-electron chi connectivity index (χ3n) is 11.4. The van der Waals surface area contributed by atoms with Crippen molar-refractivity contribution in [1.29, 1.82) is 0 Å². The summed E-state index contributed by atoms with van der Waals surface area (Å²) in [5, 5.41) is 1.18. The maximum atomic E-state index is 14.0. The van der Waals surface area contributed by atoms with Gasteiger partial charge in [0.1, 0.15) is 11.3 Å². The van der Waals surface area contributed by atoms with Gasteiger partial charge >= 0.3 is 0 Å². The van der Waals surface area contributed by atoms with Crippen LogP contribution in [-0.4, -0.2) is 74.6 Å². The Bertz CT molecular complexity index is 2070. The number of para-hydroxylation sites is 1. The van der Waals surface area contributed by atoms with Crippen LogP contribution in [0.1, 0.15) is 53.3 Å². The average Bonchev–Trinajstić information content (AvgIpc) is 3.46. The monoisotopic (exact) mass is 642 g/mol. The van der Waals surface area contributed by atoms with Crippen molar-refractivity contribution in [2.24, 2.45) is 23.0 Å². The summed E-state index contributed by atoms with van der Waals surface area (Å²) in [6.07, 6.45) is 4.54. The molecule has 9 nitrogen and oxygen atoms in total. The Hall–Kier alpha value is -4.63. The highest BCUT2D eigenvalue weighted by Crippen LogP contribution is 2.42. The zero-order valence-corrected chi connectivity index (χ0v) is 27.6. The molecule has 2 amide bonds. The van der Waals surface area contributed by atoms with E-state index in [0.29, 0.717) is 54.9 Å². The molecule has 246 valence electrons. The van der Waals surface area contributed by atoms with E-state index in [0.717, 1.165) is 41.9 Å². The number of amides is 2. The first-order valence-corrected chi connectivity index (χ1v) is 17.4. The third kappa shape index (κ3) is 4.73. The lowest BCUT2D eigenvalue weighted by atomic mass is 9.81. The molecule has 0 radical (unpaired) electrons. The van der Waals surface area contributed by atoms with Gasteiger partial charge in [0.05, 0.1) is 18.3 Å². The van der Waals surface area contributed by atoms with Crippen molar-refractivity contribution in [2.75, 3.05) is 26.7 Å². The van der Waals surface area contributed by atoms with Crippen LogP contribution in [-0.2, 0) is 13.1 Å². The molecule has 4 fully saturated rings. The summed E-state index contributed by atoms with van der Waals surface area (Å²) < 4.78 is 10.8. The van der Waals surface area contributed by atoms with E-state index in [4.69, 9.17) is 15.5 Å². The van der Waals surface area contributed by atoms with E-state index in [1.54, 1.807) is 7.11 Å². The molecule has 2 N–H and O–H groups in total. The van der Waals surface area contributed by atoms with Crippen LogP contribution in [0, 0.1) is 17.3 Å². The van der Waals surface area contributed by atoms with Crippen molar-refractivity contribution in [2.45, 2.75) is 57.8 Å². The van der Waals surface area contributed by atoms with Gasteiger partial charge in [-0.15, -0.1) is 0 Å². The zero-order chi connectivity index (χ0) is 32.7. The van der Waals surface area contributed by atoms with Crippen LogP contribution >= 0.6 is 0 Å². The number of benzene rings is 3. The number of nitrogens with zero attached hydrogens (tertiary/aromatic N) is 5. The van der Waals surface area contributed by atoms with Gasteiger partial charge < -0.3 is 29.4 Å². The van der Waals surface area contributed by atoms with Gasteiger partial charge in [0, 0.05) is 72.3 Å². The van der Waals surface area contributed by atoms with Crippen molar-refractivity contribution in [3.8, 4) is 17.3 Å². The molecule has 2 saturated carbocycles. The van der Waals surface area contributed by atoms with Crippen molar-refractivity contribution in [3.63, 3.8) is 0 Å². The predicted octanol–water partition coefficient (Wildman–Crippen LogP) is 5.80. The highest BCUT2D eigenvalue weighted by atomic mass is 16.5. The van der Waals surface area contributed by atoms with Crippen LogP contribution in [0.3, 0.4) is 0 Å². The molecular weight excluding hydrogens is 600 g/mol. The van der Waals surface area contributed by atoms with Gasteiger partial charge in [0.2, 0.25) is 0 Å². The lowest BCUT2D eigenvalue weighted by Crippen LogP contribution is -2.58. The number of aromatic nitrogens is 3. The SMILES string of the molecule is COc1cc(C(=O)N2CC3CCC2C3N)cc2nc(-c3cc4ccccc4n3CC3CC3)n(CC3(C)CN(C(=O)c4ccccc4)C3)c12. The molecule has 3 aromatic carbocycles. The molecule has 9 heteroatoms. The van der Waals surface area contributed by atoms with E-state index in [1.807, 2.05) is 52.3 Å². The number of rotatable bonds is 8. The number of methoxy groups -OCH3 is 1. The van der Waals surface area contributed by atoms with E-state index in [-0.39, 0.29) is 29.3 Å². The molecule has 9 rings (SSSR count). The number of hydrogen-bond donors (Lipinski definition) is 1. The number of hydrogen-bond acceptors (Lipinski definition) is 5. The average molecular weight is 643 g/mol. The van der Waals surface area contributed by atoms with E-state index in [2.05, 4.69) is 46.4 Å². The van der Waals surface area contributed by atoms with Crippen LogP contribution in [0.5, 0.6) is 5.75 Å². The zero-order valence-electron chi connectivity index (χ0n) is 27.6. The van der Waals surface area contributed by atoms with Gasteiger partial charge in [-0.1, -0.05) is 43.3 Å². The first-order chi connectivity index (χ1) is 23.3. The third-order valence-corrected chi connectivity index (χ3v) is 11.4. The van der Waals surface area contributed by atoms with Gasteiger partial charge in [-0.25, -0.2) is 4.98 Å². The number of carbonyl (C=O) groups excluding carboxylic acids is 2. The van der Waals surface area contributed by atoms with Crippen LogP contribution in [0.25, 0.3) is 33.5 Å². The normalized spacial score (nSPS) is 22.9. The van der Waals surface area contributed by atoms with Gasteiger partial charge in [-0.2, -0.15) is 0 Å². The topological polar surface area (TPSA) is 98.6 Å². The number of fused-ring (bicyclic) bond motifs is 4. The largest absolute Gasteiger partial charge is 0.494 e. The fourth-order valence-corrected chi connectivity index (χ4v) is 8.72. The van der Waals surface area contributed by atoms with Crippen LogP contribution in [0.15, 0.2) is 72.8 Å². The Kier molecular flexibility index (Phi) is 6.73. The molecule has 4 heterocycles. The van der Waals surface area contributed by atoms with Crippen LogP contribution in [0.2, 0.25) is 0 Å². The number of carbonyl (C=O) groups is 2. The Morgan fingerprint density at radius 3 is 2.40 bits per heavy atom. The molecule has 2 aliphatic carbocycles. The predicted molar refractivity (Wildman–Crippen MR) is 186 cm³/mol. The quantitative estimate of drug-likeness (QED) is 0.231. The molecule has 48 heavy (non-hydrogen) atoms. The molecule has 3 atom stereocenters. The second-order valence-electron chi connectivity index (χ2n) is 15.0. The first-order valence-electron chi connectivity index (χ1n) is 17.4. The molecule has 2 saturated heterocycles. The number of nitrogens with two attached hydrogens (primary N) is 1. The maximum Gasteiger partial charge on any atom is 0.254 e. The summed E-state index contributed by atoms with van der Waals surface area (Å²) >= 11 is 0. The lowest BCUT2D eigenvalue weighted by Gasteiger charge is -2.48. The summed E-state index contributed by atoms with van der Waals surface area (Å²) in [5.74, 6) is 2.59. The summed E-state index contributed by atoms with van der Waals surface area (Å²) in [5.41, 5.74) is 11.5. The number of imidazole rings is 1. The molecule has 0 spiro atoms. The summed E-state index contributed by atoms with van der Waals surface area (Å²) in [7, 11) is 1.67. The van der Waals surface area contributed by atoms with Gasteiger partial charge in [-0.3, -0.25) is 9.59 Å². The van der Waals surface area contributed by atoms with E-state index in [9.17, 15) is 9.59 Å². The smallest absolute Gasteiger partial charge is 0.254 e. The molecule has 4 aliphatic rings. The number of ether oxygens (including phenoxy) is 1. The Balaban J connectivity index is 1.14. The highest BCUT2D eigenvalue weighted by molar-refractivity contribution is 6.01. The molecular formula is C39H42N6O3. The minimum Gasteiger partial charge on any atom is -0.494 e. The van der Waals surface area contributed by atoms with Crippen molar-refractivity contribution in [1.82, 2.24) is 23.9 Å². The Morgan fingerprint density at radius 2 is 1.69 bits per heavy atom. The molecule has 2 bridgehead atoms. The standard InChI is InChI=1S/C39H42N6O3/c1-39(21-42(22-39)37(46)25-8-4-3-5-9-25)23-45-35-29(16-28(18-33(35)48-2)38(47)44-20-27-14-15-31(44)34(27)40)41-36(45)32-17-26-10-6-7-11-30(26)43(32)19-24-12-13-24/h3-11,16-18,24,27,31,34H,12-15,19-23,40H2,1-2H3. The second kappa shape index (κ2) is 11.0. The summed E-state index contributed by atoms with van der Waals surface area (Å²) in [6, 6.07) is 24.3. The van der Waals surface area contributed by atoms with Gasteiger partial charge in [-0.05, 0) is 73.9 Å². The van der Waals surface area contributed by atoms with Crippen LogP contribution < -0.4 is 10.5 Å². The van der Waals surface area contributed by atoms with Crippen LogP contribution in [0.4, 0.5) is 0 Å². The van der Waals surface area contributed by atoms with E-state index >= 15 is 0 Å². The number of likely N-dealkylation sites (tertiary alicyclic amines) is 2. The fourth-order valence-electron chi connectivity index (χ4n) is 8.72. The van der Waals surface area contributed by atoms with Gasteiger partial charge in [0.25, 0.3) is 11.8 Å². The molecule has 5 aromatic rings. The first kappa shape index (κ1) is 29.5. The maximum absolute atomic E-state index is 14.0. The van der Waals surface area contributed by atoms with E-state index < -0.39 is 0 Å². The summed E-state index contributed by atoms with van der Waals surface area (Å²) in [4.78, 5) is 36.5. The van der Waals surface area contributed by atoms with Crippen molar-refractivity contribution >= 4 is 33.8 Å². The summed E-state index contributed by atoms with van der Waals surface area (Å²) in [6.45, 7) is 5.83. The van der Waals surface area contributed by atoms with Crippen molar-refractivity contribution < 1.29 is 14.3 Å². The Labute approximate surface area is 280 Å². The second-order valence-corrected chi connectivity index (χ2v) is 15.0. The van der Waals surface area contributed by atoms with E-state index in [1.165, 1.54) is 23.7 Å². The minimum absolute atomic E-state index is 0.00202.